The highest BCUT2D eigenvalue weighted by atomic mass is 16.5. The van der Waals surface area contributed by atoms with Crippen LogP contribution >= 0.6 is 0 Å². The standard InChI is InChI=1S/C19H20N2O/c1-13-19(21-14(2)22-13)9-8-18-15(11-19)5-3-7-17(18)16-6-4-10-20-12-16/h3-7,10,12-13H,8-9,11H2,1-2H3/t13-,19+/m1/s1. The van der Waals surface area contributed by atoms with E-state index in [-0.39, 0.29) is 11.6 Å². The minimum absolute atomic E-state index is 0.0648. The zero-order chi connectivity index (χ0) is 15.2. The van der Waals surface area contributed by atoms with E-state index in [1.807, 2.05) is 25.4 Å². The molecule has 4 rings (SSSR count). The van der Waals surface area contributed by atoms with Crippen molar-refractivity contribution >= 4 is 5.90 Å². The van der Waals surface area contributed by atoms with Gasteiger partial charge in [-0.3, -0.25) is 4.98 Å². The van der Waals surface area contributed by atoms with E-state index in [1.165, 1.54) is 22.3 Å². The van der Waals surface area contributed by atoms with Gasteiger partial charge in [-0.15, -0.1) is 0 Å². The van der Waals surface area contributed by atoms with Crippen LogP contribution in [-0.4, -0.2) is 22.5 Å². The Bertz CT molecular complexity index is 738. The maximum Gasteiger partial charge on any atom is 0.181 e. The van der Waals surface area contributed by atoms with Crippen LogP contribution in [0.25, 0.3) is 11.1 Å². The van der Waals surface area contributed by atoms with Crippen LogP contribution in [0.5, 0.6) is 0 Å². The van der Waals surface area contributed by atoms with Gasteiger partial charge in [0, 0.05) is 31.3 Å². The number of benzene rings is 1. The average molecular weight is 292 g/mol. The van der Waals surface area contributed by atoms with Crippen LogP contribution < -0.4 is 0 Å². The van der Waals surface area contributed by atoms with Crippen LogP contribution in [0.15, 0.2) is 47.7 Å². The van der Waals surface area contributed by atoms with Crippen molar-refractivity contribution in [3.8, 4) is 11.1 Å². The Kier molecular flexibility index (Phi) is 3.03. The van der Waals surface area contributed by atoms with Gasteiger partial charge in [0.25, 0.3) is 0 Å². The quantitative estimate of drug-likeness (QED) is 0.801. The van der Waals surface area contributed by atoms with Gasteiger partial charge in [-0.2, -0.15) is 0 Å². The van der Waals surface area contributed by atoms with E-state index >= 15 is 0 Å². The molecular weight excluding hydrogens is 272 g/mol. The van der Waals surface area contributed by atoms with Crippen molar-refractivity contribution in [1.29, 1.82) is 0 Å². The zero-order valence-corrected chi connectivity index (χ0v) is 13.0. The van der Waals surface area contributed by atoms with Gasteiger partial charge < -0.3 is 4.74 Å². The fourth-order valence-corrected chi connectivity index (χ4v) is 3.89. The Balaban J connectivity index is 1.76. The number of rotatable bonds is 1. The fourth-order valence-electron chi connectivity index (χ4n) is 3.89. The molecule has 1 spiro atoms. The third-order valence-corrected chi connectivity index (χ3v) is 5.03. The molecule has 2 aromatic rings. The summed E-state index contributed by atoms with van der Waals surface area (Å²) in [5.41, 5.74) is 5.30. The second-order valence-electron chi connectivity index (χ2n) is 6.36. The number of pyridine rings is 1. The van der Waals surface area contributed by atoms with Crippen LogP contribution in [0.2, 0.25) is 0 Å². The maximum absolute atomic E-state index is 5.82. The molecule has 0 N–H and O–H groups in total. The summed E-state index contributed by atoms with van der Waals surface area (Å²) in [7, 11) is 0. The molecule has 0 saturated carbocycles. The summed E-state index contributed by atoms with van der Waals surface area (Å²) >= 11 is 0. The highest BCUT2D eigenvalue weighted by Gasteiger charge is 2.44. The third kappa shape index (κ3) is 2.04. The van der Waals surface area contributed by atoms with E-state index in [0.29, 0.717) is 0 Å². The maximum atomic E-state index is 5.82. The summed E-state index contributed by atoms with van der Waals surface area (Å²) in [4.78, 5) is 9.10. The van der Waals surface area contributed by atoms with E-state index in [0.717, 1.165) is 25.2 Å². The van der Waals surface area contributed by atoms with Crippen molar-refractivity contribution in [2.45, 2.75) is 44.8 Å². The molecule has 22 heavy (non-hydrogen) atoms. The van der Waals surface area contributed by atoms with E-state index in [4.69, 9.17) is 9.73 Å². The number of hydrogen-bond donors (Lipinski definition) is 0. The average Bonchev–Trinajstić information content (AvgIpc) is 2.80. The second-order valence-corrected chi connectivity index (χ2v) is 6.36. The van der Waals surface area contributed by atoms with Crippen LogP contribution in [0.3, 0.4) is 0 Å². The summed E-state index contributed by atoms with van der Waals surface area (Å²) in [5.74, 6) is 0.833. The van der Waals surface area contributed by atoms with Gasteiger partial charge in [-0.25, -0.2) is 4.99 Å². The van der Waals surface area contributed by atoms with Crippen molar-refractivity contribution in [2.75, 3.05) is 0 Å². The van der Waals surface area contributed by atoms with Crippen molar-refractivity contribution < 1.29 is 4.74 Å². The molecule has 2 heterocycles. The lowest BCUT2D eigenvalue weighted by molar-refractivity contribution is 0.141. The monoisotopic (exact) mass is 292 g/mol. The number of nitrogens with zero attached hydrogens (tertiary/aromatic N) is 2. The van der Waals surface area contributed by atoms with Gasteiger partial charge in [0.2, 0.25) is 0 Å². The van der Waals surface area contributed by atoms with Gasteiger partial charge >= 0.3 is 0 Å². The summed E-state index contributed by atoms with van der Waals surface area (Å²) in [6.07, 6.45) is 7.00. The first-order chi connectivity index (χ1) is 10.7. The minimum atomic E-state index is -0.0648. The Morgan fingerprint density at radius 2 is 2.14 bits per heavy atom. The molecule has 0 unspecified atom stereocenters. The SMILES string of the molecule is CC1=N[C@]2(CCc3c(cccc3-c3cccnc3)C2)[C@@H](C)O1. The Labute approximate surface area is 131 Å². The van der Waals surface area contributed by atoms with Gasteiger partial charge in [-0.05, 0) is 42.5 Å². The molecular formula is C19H20N2O. The first kappa shape index (κ1) is 13.5. The molecule has 112 valence electrons. The topological polar surface area (TPSA) is 34.5 Å². The summed E-state index contributed by atoms with van der Waals surface area (Å²) < 4.78 is 5.82. The molecule has 0 saturated heterocycles. The summed E-state index contributed by atoms with van der Waals surface area (Å²) in [6, 6.07) is 10.7. The first-order valence-corrected chi connectivity index (χ1v) is 7.92. The Morgan fingerprint density at radius 3 is 2.86 bits per heavy atom. The number of aliphatic imine (C=N–C) groups is 1. The van der Waals surface area contributed by atoms with Crippen molar-refractivity contribution in [3.63, 3.8) is 0 Å². The largest absolute Gasteiger partial charge is 0.476 e. The van der Waals surface area contributed by atoms with Crippen LogP contribution in [-0.2, 0) is 17.6 Å². The molecule has 1 aromatic heterocycles. The molecule has 1 aromatic carbocycles. The summed E-state index contributed by atoms with van der Waals surface area (Å²) in [6.45, 7) is 4.11. The highest BCUT2D eigenvalue weighted by Crippen LogP contribution is 2.41. The predicted molar refractivity (Wildman–Crippen MR) is 88.1 cm³/mol. The molecule has 3 nitrogen and oxygen atoms in total. The molecule has 2 aliphatic rings. The zero-order valence-electron chi connectivity index (χ0n) is 13.0. The van der Waals surface area contributed by atoms with Crippen molar-refractivity contribution in [2.24, 2.45) is 4.99 Å². The molecule has 0 fully saturated rings. The smallest absolute Gasteiger partial charge is 0.181 e. The van der Waals surface area contributed by atoms with E-state index in [9.17, 15) is 0 Å². The first-order valence-electron chi connectivity index (χ1n) is 7.92. The van der Waals surface area contributed by atoms with Gasteiger partial charge in [0.15, 0.2) is 5.90 Å². The number of fused-ring (bicyclic) bond motifs is 1. The lowest BCUT2D eigenvalue weighted by atomic mass is 9.74. The van der Waals surface area contributed by atoms with E-state index in [2.05, 4.69) is 36.2 Å². The number of hydrogen-bond acceptors (Lipinski definition) is 3. The van der Waals surface area contributed by atoms with Crippen LogP contribution in [0.1, 0.15) is 31.4 Å². The van der Waals surface area contributed by atoms with Gasteiger partial charge in [0.05, 0.1) is 0 Å². The van der Waals surface area contributed by atoms with E-state index in [1.54, 1.807) is 0 Å². The third-order valence-electron chi connectivity index (χ3n) is 5.03. The molecule has 1 aliphatic heterocycles. The van der Waals surface area contributed by atoms with Gasteiger partial charge in [-0.1, -0.05) is 24.3 Å². The number of ether oxygens (including phenoxy) is 1. The molecule has 0 bridgehead atoms. The lowest BCUT2D eigenvalue weighted by Gasteiger charge is -2.35. The predicted octanol–water partition coefficient (Wildman–Crippen LogP) is 3.81. The van der Waals surface area contributed by atoms with Crippen molar-refractivity contribution in [3.05, 3.63) is 53.9 Å². The lowest BCUT2D eigenvalue weighted by Crippen LogP contribution is -2.41. The molecule has 1 aliphatic carbocycles. The highest BCUT2D eigenvalue weighted by molar-refractivity contribution is 5.76. The normalized spacial score (nSPS) is 26.5. The molecule has 2 atom stereocenters. The molecule has 0 amide bonds. The molecule has 0 radical (unpaired) electrons. The Hall–Kier alpha value is -2.16. The summed E-state index contributed by atoms with van der Waals surface area (Å²) in [5, 5.41) is 0. The van der Waals surface area contributed by atoms with Crippen LogP contribution in [0, 0.1) is 0 Å². The van der Waals surface area contributed by atoms with E-state index < -0.39 is 0 Å². The minimum Gasteiger partial charge on any atom is -0.476 e. The van der Waals surface area contributed by atoms with Crippen LogP contribution in [0.4, 0.5) is 0 Å². The van der Waals surface area contributed by atoms with Crippen molar-refractivity contribution in [1.82, 2.24) is 4.98 Å². The Morgan fingerprint density at radius 1 is 1.23 bits per heavy atom. The number of aromatic nitrogens is 1. The molecule has 3 heteroatoms. The van der Waals surface area contributed by atoms with Gasteiger partial charge in [0.1, 0.15) is 11.6 Å². The fraction of sp³-hybridized carbons (Fsp3) is 0.368. The second kappa shape index (κ2) is 4.94.